The number of hydrogen-bond acceptors (Lipinski definition) is 5. The molecule has 3 N–H and O–H groups in total. The molecule has 2 aliphatic heterocycles. The third kappa shape index (κ3) is 5.27. The van der Waals surface area contributed by atoms with E-state index in [1.807, 2.05) is 6.07 Å². The molecule has 0 spiro atoms. The van der Waals surface area contributed by atoms with Crippen molar-refractivity contribution in [1.29, 1.82) is 5.26 Å². The summed E-state index contributed by atoms with van der Waals surface area (Å²) in [5, 5.41) is 16.8. The van der Waals surface area contributed by atoms with Crippen LogP contribution in [0.1, 0.15) is 55.6 Å². The number of rotatable bonds is 6. The molecular formula is C25H34F3N5O4. The number of fused-ring (bicyclic) bond motifs is 5. The van der Waals surface area contributed by atoms with Crippen LogP contribution in [0.25, 0.3) is 0 Å². The van der Waals surface area contributed by atoms with Crippen LogP contribution >= 0.6 is 0 Å². The van der Waals surface area contributed by atoms with Crippen molar-refractivity contribution >= 4 is 23.6 Å². The number of carbonyl (C=O) groups is 4. The number of halogens is 3. The van der Waals surface area contributed by atoms with Gasteiger partial charge in [0.15, 0.2) is 0 Å². The average Bonchev–Trinajstić information content (AvgIpc) is 3.58. The highest BCUT2D eigenvalue weighted by atomic mass is 19.4. The molecule has 0 aromatic carbocycles. The van der Waals surface area contributed by atoms with E-state index in [0.717, 1.165) is 0 Å². The molecule has 4 aliphatic rings. The van der Waals surface area contributed by atoms with Crippen LogP contribution in [0.4, 0.5) is 13.2 Å². The lowest BCUT2D eigenvalue weighted by Gasteiger charge is -2.37. The van der Waals surface area contributed by atoms with Gasteiger partial charge in [0.2, 0.25) is 17.7 Å². The summed E-state index contributed by atoms with van der Waals surface area (Å²) in [5.74, 6) is -5.92. The zero-order chi connectivity index (χ0) is 29.0. The summed E-state index contributed by atoms with van der Waals surface area (Å²) in [6.45, 7) is 4.96. The van der Waals surface area contributed by atoms with Crippen LogP contribution in [-0.4, -0.2) is 65.9 Å². The second kappa shape index (κ2) is 9.80. The van der Waals surface area contributed by atoms with E-state index < -0.39 is 72.1 Å². The van der Waals surface area contributed by atoms with Crippen LogP contribution in [0.3, 0.4) is 0 Å². The summed E-state index contributed by atoms with van der Waals surface area (Å²) in [5.41, 5.74) is -1.14. The Morgan fingerprint density at radius 1 is 1.22 bits per heavy atom. The van der Waals surface area contributed by atoms with E-state index in [0.29, 0.717) is 19.4 Å². The second-order valence-corrected chi connectivity index (χ2v) is 11.6. The van der Waals surface area contributed by atoms with Crippen LogP contribution in [0.5, 0.6) is 0 Å². The average molecular weight is 528 g/mol. The van der Waals surface area contributed by atoms with Gasteiger partial charge in [0.05, 0.1) is 6.07 Å². The van der Waals surface area contributed by atoms with E-state index in [2.05, 4.69) is 10.6 Å². The molecule has 37 heavy (non-hydrogen) atoms. The molecule has 4 fully saturated rings. The normalized spacial score (nSPS) is 37.1. The van der Waals surface area contributed by atoms with Crippen LogP contribution in [0.2, 0.25) is 0 Å². The van der Waals surface area contributed by atoms with Gasteiger partial charge in [-0.25, -0.2) is 0 Å². The standard InChI is InChI=1S/C25H34F3N5O4/c1-24(2,3)19(32-23(37)25(26,27)28)22(36)33-11-16-12-4-5-13(8-12)17(16)18(33)21(35)31-15(10-29)9-14-6-7-30-20(14)34/h12-19H,4-9,11H2,1-3H3,(H,30,34)(H,31,35)(H,32,37)/t12-,13+,14+,15+,16-,17+,18+,19-/m1/s1/i4D,5D/t4-,5-,12-,13+,14+,15+,16-,17+,18+,19-. The zero-order valence-corrected chi connectivity index (χ0v) is 21.0. The second-order valence-electron chi connectivity index (χ2n) is 11.6. The van der Waals surface area contributed by atoms with Crippen LogP contribution < -0.4 is 16.0 Å². The third-order valence-electron chi connectivity index (χ3n) is 8.15. The number of alkyl halides is 3. The Hall–Kier alpha value is -2.84. The molecule has 0 aromatic rings. The number of hydrogen-bond donors (Lipinski definition) is 3. The molecule has 2 bridgehead atoms. The van der Waals surface area contributed by atoms with E-state index in [4.69, 9.17) is 2.74 Å². The lowest BCUT2D eigenvalue weighted by molar-refractivity contribution is -0.176. The Bertz CT molecular complexity index is 1080. The van der Waals surface area contributed by atoms with E-state index in [1.165, 1.54) is 25.7 Å². The maximum absolute atomic E-state index is 13.8. The molecule has 0 unspecified atom stereocenters. The largest absolute Gasteiger partial charge is 0.471 e. The van der Waals surface area contributed by atoms with Crippen molar-refractivity contribution in [2.45, 2.75) is 77.1 Å². The minimum absolute atomic E-state index is 0.00156. The first-order valence-electron chi connectivity index (χ1n) is 13.7. The van der Waals surface area contributed by atoms with E-state index in [-0.39, 0.29) is 36.6 Å². The SMILES string of the molecule is [2H][C@@H]1[C@@H]([2H])[C@@H]2C[C@H]1[C@H]1[C@@H]2CN(C(=O)[C@@H](NC(=O)C(F)(F)F)C(C)(C)C)[C@@H]1C(=O)N[C@H](C#N)C[C@@H]1CCNC1=O. The smallest absolute Gasteiger partial charge is 0.356 e. The first kappa shape index (κ1) is 24.5. The third-order valence-corrected chi connectivity index (χ3v) is 8.15. The van der Waals surface area contributed by atoms with Crippen molar-refractivity contribution in [3.8, 4) is 6.07 Å². The number of carbonyl (C=O) groups excluding carboxylic acids is 4. The summed E-state index contributed by atoms with van der Waals surface area (Å²) < 4.78 is 56.2. The van der Waals surface area contributed by atoms with Crippen molar-refractivity contribution in [3.63, 3.8) is 0 Å². The topological polar surface area (TPSA) is 131 Å². The van der Waals surface area contributed by atoms with Crippen molar-refractivity contribution < 1.29 is 35.1 Å². The fraction of sp³-hybridized carbons (Fsp3) is 0.800. The van der Waals surface area contributed by atoms with Gasteiger partial charge in [-0.2, -0.15) is 18.4 Å². The molecule has 4 rings (SSSR count). The predicted octanol–water partition coefficient (Wildman–Crippen LogP) is 1.49. The number of amides is 4. The summed E-state index contributed by atoms with van der Waals surface area (Å²) in [6, 6.07) is -1.85. The Kier molecular flexibility index (Phi) is 6.49. The number of nitrogens with zero attached hydrogens (tertiary/aromatic N) is 2. The molecule has 2 heterocycles. The van der Waals surface area contributed by atoms with Gasteiger partial charge in [-0.3, -0.25) is 19.2 Å². The highest BCUT2D eigenvalue weighted by molar-refractivity contribution is 5.94. The monoisotopic (exact) mass is 527 g/mol. The van der Waals surface area contributed by atoms with Gasteiger partial charge >= 0.3 is 12.1 Å². The molecule has 9 nitrogen and oxygen atoms in total. The van der Waals surface area contributed by atoms with Crippen molar-refractivity contribution in [2.75, 3.05) is 13.1 Å². The Morgan fingerprint density at radius 2 is 1.89 bits per heavy atom. The van der Waals surface area contributed by atoms with Crippen LogP contribution in [0.15, 0.2) is 0 Å². The fourth-order valence-electron chi connectivity index (χ4n) is 6.36. The summed E-state index contributed by atoms with van der Waals surface area (Å²) >= 11 is 0. The Labute approximate surface area is 216 Å². The first-order valence-corrected chi connectivity index (χ1v) is 12.6. The molecule has 2 aliphatic carbocycles. The van der Waals surface area contributed by atoms with Crippen molar-refractivity contribution in [2.24, 2.45) is 35.0 Å². The minimum atomic E-state index is -5.22. The Balaban J connectivity index is 1.62. The summed E-state index contributed by atoms with van der Waals surface area (Å²) in [4.78, 5) is 52.5. The van der Waals surface area contributed by atoms with Crippen molar-refractivity contribution in [1.82, 2.24) is 20.9 Å². The van der Waals surface area contributed by atoms with E-state index in [9.17, 15) is 37.6 Å². The summed E-state index contributed by atoms with van der Waals surface area (Å²) in [6.07, 6.45) is -5.58. The molecule has 12 heteroatoms. The molecule has 4 amide bonds. The molecule has 0 radical (unpaired) electrons. The van der Waals surface area contributed by atoms with Crippen LogP contribution in [-0.2, 0) is 19.2 Å². The van der Waals surface area contributed by atoms with Gasteiger partial charge in [0.1, 0.15) is 18.1 Å². The van der Waals surface area contributed by atoms with Crippen LogP contribution in [0, 0.1) is 46.3 Å². The summed E-state index contributed by atoms with van der Waals surface area (Å²) in [7, 11) is 0. The molecular weight excluding hydrogens is 491 g/mol. The van der Waals surface area contributed by atoms with Gasteiger partial charge in [-0.05, 0) is 61.1 Å². The number of nitrogens with one attached hydrogen (secondary N) is 3. The number of likely N-dealkylation sites (tertiary alicyclic amines) is 1. The van der Waals surface area contributed by atoms with E-state index >= 15 is 0 Å². The zero-order valence-electron chi connectivity index (χ0n) is 23.0. The quantitative estimate of drug-likeness (QED) is 0.482. The van der Waals surface area contributed by atoms with Gasteiger partial charge in [-0.15, -0.1) is 0 Å². The Morgan fingerprint density at radius 3 is 2.46 bits per heavy atom. The van der Waals surface area contributed by atoms with Gasteiger partial charge < -0.3 is 20.9 Å². The first-order chi connectivity index (χ1) is 18.1. The lowest BCUT2D eigenvalue weighted by Crippen LogP contribution is -2.60. The molecule has 2 saturated heterocycles. The maximum atomic E-state index is 13.8. The minimum Gasteiger partial charge on any atom is -0.356 e. The molecule has 10 atom stereocenters. The molecule has 0 aromatic heterocycles. The maximum Gasteiger partial charge on any atom is 0.471 e. The predicted molar refractivity (Wildman–Crippen MR) is 124 cm³/mol. The molecule has 204 valence electrons. The lowest BCUT2D eigenvalue weighted by atomic mass is 9.78. The van der Waals surface area contributed by atoms with Crippen molar-refractivity contribution in [3.05, 3.63) is 0 Å². The van der Waals surface area contributed by atoms with Gasteiger partial charge in [-0.1, -0.05) is 20.8 Å². The van der Waals surface area contributed by atoms with E-state index in [1.54, 1.807) is 5.32 Å². The number of nitriles is 1. The highest BCUT2D eigenvalue weighted by Crippen LogP contribution is 2.57. The van der Waals surface area contributed by atoms with Gasteiger partial charge in [0, 0.05) is 21.7 Å². The fourth-order valence-corrected chi connectivity index (χ4v) is 6.36. The highest BCUT2D eigenvalue weighted by Gasteiger charge is 2.60. The van der Waals surface area contributed by atoms with Gasteiger partial charge in [0.25, 0.3) is 0 Å². The molecule has 2 saturated carbocycles.